The number of hydrogen-bond donors (Lipinski definition) is 1. The van der Waals surface area contributed by atoms with E-state index >= 15 is 0 Å². The minimum Gasteiger partial charge on any atom is -0.462 e. The summed E-state index contributed by atoms with van der Waals surface area (Å²) in [4.78, 5) is 42.9. The van der Waals surface area contributed by atoms with Crippen molar-refractivity contribution in [3.63, 3.8) is 0 Å². The molecule has 0 saturated carbocycles. The smallest absolute Gasteiger partial charge is 0.348 e. The lowest BCUT2D eigenvalue weighted by molar-refractivity contribution is -0.385. The number of aromatic amines is 1. The minimum absolute atomic E-state index is 0.0204. The van der Waals surface area contributed by atoms with Crippen LogP contribution < -0.4 is 5.56 Å². The summed E-state index contributed by atoms with van der Waals surface area (Å²) in [5, 5.41) is 11.4. The first-order chi connectivity index (χ1) is 13.3. The quantitative estimate of drug-likeness (QED) is 0.396. The molecule has 28 heavy (non-hydrogen) atoms. The number of fused-ring (bicyclic) bond motifs is 1. The van der Waals surface area contributed by atoms with Gasteiger partial charge in [0.2, 0.25) is 0 Å². The Kier molecular flexibility index (Phi) is 5.36. The van der Waals surface area contributed by atoms with Crippen LogP contribution in [-0.2, 0) is 4.74 Å². The number of benzene rings is 1. The van der Waals surface area contributed by atoms with Gasteiger partial charge in [0.15, 0.2) is 0 Å². The topological polar surface area (TPSA) is 115 Å². The van der Waals surface area contributed by atoms with Gasteiger partial charge in [-0.3, -0.25) is 14.9 Å². The highest BCUT2D eigenvalue weighted by Gasteiger charge is 2.19. The summed E-state index contributed by atoms with van der Waals surface area (Å²) < 4.78 is 5.02. The highest BCUT2D eigenvalue weighted by atomic mass is 32.1. The number of nitrogens with zero attached hydrogens (tertiary/aromatic N) is 2. The lowest BCUT2D eigenvalue weighted by atomic mass is 10.1. The second-order valence-electron chi connectivity index (χ2n) is 6.04. The van der Waals surface area contributed by atoms with Crippen LogP contribution in [0.3, 0.4) is 0 Å². The average molecular weight is 399 g/mol. The molecule has 0 amide bonds. The van der Waals surface area contributed by atoms with Crippen LogP contribution in [0.25, 0.3) is 22.4 Å². The monoisotopic (exact) mass is 399 g/mol. The predicted molar refractivity (Wildman–Crippen MR) is 108 cm³/mol. The number of ether oxygens (including phenoxy) is 1. The van der Waals surface area contributed by atoms with Crippen LogP contribution in [0.1, 0.15) is 39.1 Å². The van der Waals surface area contributed by atoms with Crippen LogP contribution in [0, 0.1) is 24.0 Å². The van der Waals surface area contributed by atoms with Crippen molar-refractivity contribution in [3.8, 4) is 0 Å². The normalized spacial score (nSPS) is 11.2. The molecule has 0 aliphatic carbocycles. The average Bonchev–Trinajstić information content (AvgIpc) is 2.98. The third-order valence-corrected chi connectivity index (χ3v) is 5.31. The van der Waals surface area contributed by atoms with Gasteiger partial charge in [0.05, 0.1) is 16.9 Å². The molecule has 0 aliphatic rings. The van der Waals surface area contributed by atoms with Crippen LogP contribution in [0.5, 0.6) is 0 Å². The van der Waals surface area contributed by atoms with Crippen LogP contribution in [0.15, 0.2) is 23.0 Å². The third kappa shape index (κ3) is 3.70. The Bertz CT molecular complexity index is 1180. The fourth-order valence-corrected chi connectivity index (χ4v) is 3.82. The summed E-state index contributed by atoms with van der Waals surface area (Å²) in [5.74, 6) is -0.191. The maximum atomic E-state index is 12.4. The van der Waals surface area contributed by atoms with Gasteiger partial charge in [-0.25, -0.2) is 9.78 Å². The summed E-state index contributed by atoms with van der Waals surface area (Å²) in [7, 11) is 0. The van der Waals surface area contributed by atoms with Gasteiger partial charge < -0.3 is 9.72 Å². The van der Waals surface area contributed by atoms with Gasteiger partial charge in [-0.2, -0.15) is 0 Å². The van der Waals surface area contributed by atoms with Gasteiger partial charge in [0.25, 0.3) is 11.2 Å². The molecule has 1 aromatic carbocycles. The fourth-order valence-electron chi connectivity index (χ4n) is 2.73. The first-order valence-corrected chi connectivity index (χ1v) is 9.27. The Morgan fingerprint density at radius 1 is 1.36 bits per heavy atom. The number of H-pyrrole nitrogens is 1. The SMILES string of the molecule is CCOC(=O)c1sc2nc(/C=C/c3ccc(C)c([N+](=O)[O-])c3)[nH]c(=O)c2c1C. The third-order valence-electron chi connectivity index (χ3n) is 4.14. The Hall–Kier alpha value is -3.33. The number of rotatable bonds is 5. The van der Waals surface area contributed by atoms with Crippen LogP contribution >= 0.6 is 11.3 Å². The first kappa shape index (κ1) is 19.4. The molecule has 0 bridgehead atoms. The molecule has 0 saturated heterocycles. The Balaban J connectivity index is 2.00. The molecule has 144 valence electrons. The first-order valence-electron chi connectivity index (χ1n) is 8.45. The summed E-state index contributed by atoms with van der Waals surface area (Å²) >= 11 is 1.10. The van der Waals surface area contributed by atoms with Crippen molar-refractivity contribution < 1.29 is 14.5 Å². The van der Waals surface area contributed by atoms with E-state index in [0.29, 0.717) is 31.8 Å². The molecule has 3 aromatic rings. The molecular formula is C19H17N3O5S. The standard InChI is InChI=1S/C19H17N3O5S/c1-4-27-19(24)16-11(3)15-17(23)20-14(21-18(15)28-16)8-7-12-6-5-10(2)13(9-12)22(25)26/h5-9H,4H2,1-3H3,(H,20,21,23)/b8-7+. The van der Waals surface area contributed by atoms with Crippen LogP contribution in [0.2, 0.25) is 0 Å². The van der Waals surface area contributed by atoms with Gasteiger partial charge >= 0.3 is 5.97 Å². The molecule has 0 radical (unpaired) electrons. The molecule has 0 fully saturated rings. The zero-order valence-electron chi connectivity index (χ0n) is 15.4. The highest BCUT2D eigenvalue weighted by Crippen LogP contribution is 2.28. The zero-order chi connectivity index (χ0) is 20.4. The van der Waals surface area contributed by atoms with E-state index in [0.717, 1.165) is 11.3 Å². The number of thiophene rings is 1. The van der Waals surface area contributed by atoms with Crippen molar-refractivity contribution in [1.82, 2.24) is 9.97 Å². The van der Waals surface area contributed by atoms with Crippen molar-refractivity contribution in [2.24, 2.45) is 0 Å². The maximum absolute atomic E-state index is 12.4. The highest BCUT2D eigenvalue weighted by molar-refractivity contribution is 7.20. The van der Waals surface area contributed by atoms with E-state index in [-0.39, 0.29) is 23.7 Å². The number of aromatic nitrogens is 2. The number of esters is 1. The Morgan fingerprint density at radius 3 is 2.79 bits per heavy atom. The Morgan fingerprint density at radius 2 is 2.11 bits per heavy atom. The lowest BCUT2D eigenvalue weighted by Crippen LogP contribution is -2.10. The van der Waals surface area contributed by atoms with Gasteiger partial charge in [-0.05, 0) is 38.0 Å². The van der Waals surface area contributed by atoms with E-state index in [1.54, 1.807) is 45.1 Å². The molecule has 2 heterocycles. The van der Waals surface area contributed by atoms with Crippen molar-refractivity contribution in [1.29, 1.82) is 0 Å². The summed E-state index contributed by atoms with van der Waals surface area (Å²) in [5.41, 5.74) is 1.37. The molecule has 2 aromatic heterocycles. The summed E-state index contributed by atoms with van der Waals surface area (Å²) in [6.45, 7) is 5.30. The van der Waals surface area contributed by atoms with Crippen molar-refractivity contribution in [3.05, 3.63) is 66.1 Å². The molecule has 8 nitrogen and oxygen atoms in total. The van der Waals surface area contributed by atoms with E-state index in [9.17, 15) is 19.7 Å². The van der Waals surface area contributed by atoms with Gasteiger partial charge in [0, 0.05) is 11.6 Å². The zero-order valence-corrected chi connectivity index (χ0v) is 16.3. The predicted octanol–water partition coefficient (Wildman–Crippen LogP) is 3.86. The molecule has 0 aliphatic heterocycles. The van der Waals surface area contributed by atoms with Crippen molar-refractivity contribution >= 4 is 45.4 Å². The number of hydrogen-bond acceptors (Lipinski definition) is 7. The maximum Gasteiger partial charge on any atom is 0.348 e. The summed E-state index contributed by atoms with van der Waals surface area (Å²) in [6.07, 6.45) is 3.19. The van der Waals surface area contributed by atoms with Crippen molar-refractivity contribution in [2.75, 3.05) is 6.61 Å². The number of nitro groups is 1. The molecule has 1 N–H and O–H groups in total. The molecule has 0 unspecified atom stereocenters. The number of carbonyl (C=O) groups excluding carboxylic acids is 1. The Labute approximate surface area is 163 Å². The molecule has 9 heteroatoms. The summed E-state index contributed by atoms with van der Waals surface area (Å²) in [6, 6.07) is 4.85. The second kappa shape index (κ2) is 7.73. The van der Waals surface area contributed by atoms with E-state index in [2.05, 4.69) is 9.97 Å². The fraction of sp³-hybridized carbons (Fsp3) is 0.211. The molecule has 0 atom stereocenters. The number of nitrogens with one attached hydrogen (secondary N) is 1. The van der Waals surface area contributed by atoms with E-state index < -0.39 is 10.9 Å². The number of aryl methyl sites for hydroxylation is 2. The van der Waals surface area contributed by atoms with Gasteiger partial charge in [-0.15, -0.1) is 11.3 Å². The minimum atomic E-state index is -0.480. The van der Waals surface area contributed by atoms with Gasteiger partial charge in [-0.1, -0.05) is 18.2 Å². The lowest BCUT2D eigenvalue weighted by Gasteiger charge is -1.99. The van der Waals surface area contributed by atoms with E-state index in [1.807, 2.05) is 0 Å². The largest absolute Gasteiger partial charge is 0.462 e. The van der Waals surface area contributed by atoms with Crippen molar-refractivity contribution in [2.45, 2.75) is 20.8 Å². The number of carbonyl (C=O) groups is 1. The van der Waals surface area contributed by atoms with Gasteiger partial charge in [0.1, 0.15) is 15.5 Å². The number of nitro benzene ring substituents is 1. The molecular weight excluding hydrogens is 382 g/mol. The van der Waals surface area contributed by atoms with E-state index in [1.165, 1.54) is 6.07 Å². The van der Waals surface area contributed by atoms with Crippen LogP contribution in [-0.4, -0.2) is 27.5 Å². The molecule has 3 rings (SSSR count). The van der Waals surface area contributed by atoms with E-state index in [4.69, 9.17) is 4.74 Å². The molecule has 0 spiro atoms. The van der Waals surface area contributed by atoms with Crippen LogP contribution in [0.4, 0.5) is 5.69 Å². The second-order valence-corrected chi connectivity index (χ2v) is 7.04.